The number of aromatic carboxylic acids is 1. The maximum absolute atomic E-state index is 12.0. The molecule has 1 aliphatic carbocycles. The number of aromatic nitrogens is 1. The molecule has 260 valence electrons. The van der Waals surface area contributed by atoms with Crippen LogP contribution in [-0.2, 0) is 6.54 Å². The predicted octanol–water partition coefficient (Wildman–Crippen LogP) is 8.49. The number of fused-ring (bicyclic) bond motifs is 5. The van der Waals surface area contributed by atoms with E-state index in [0.29, 0.717) is 18.1 Å². The maximum atomic E-state index is 12.0. The van der Waals surface area contributed by atoms with Crippen LogP contribution < -0.4 is 9.64 Å². The van der Waals surface area contributed by atoms with Gasteiger partial charge in [-0.15, -0.1) is 37.2 Å². The number of likely N-dealkylation sites (tertiary alicyclic amines) is 2. The summed E-state index contributed by atoms with van der Waals surface area (Å²) in [5, 5.41) is 11.1. The molecular formula is C37H53Cl3N4O3. The van der Waals surface area contributed by atoms with E-state index >= 15 is 0 Å². The number of rotatable bonds is 9. The number of piperidine rings is 2. The molecule has 4 heterocycles. The maximum Gasteiger partial charge on any atom is 0.335 e. The van der Waals surface area contributed by atoms with Gasteiger partial charge in [0, 0.05) is 42.6 Å². The molecule has 3 fully saturated rings. The van der Waals surface area contributed by atoms with Gasteiger partial charge >= 0.3 is 5.97 Å². The average Bonchev–Trinajstić information content (AvgIpc) is 3.26. The monoisotopic (exact) mass is 706 g/mol. The Morgan fingerprint density at radius 3 is 2.02 bits per heavy atom. The van der Waals surface area contributed by atoms with Crippen molar-refractivity contribution >= 4 is 59.8 Å². The van der Waals surface area contributed by atoms with Gasteiger partial charge in [0.25, 0.3) is 0 Å². The molecule has 2 saturated heterocycles. The molecule has 1 aromatic heterocycles. The van der Waals surface area contributed by atoms with Gasteiger partial charge in [-0.3, -0.25) is 0 Å². The Balaban J connectivity index is 0.00000167. The highest BCUT2D eigenvalue weighted by atomic mass is 35.5. The number of carbonyl (C=O) groups is 1. The topological polar surface area (TPSA) is 61.2 Å². The van der Waals surface area contributed by atoms with Crippen molar-refractivity contribution < 1.29 is 14.6 Å². The first-order chi connectivity index (χ1) is 21.7. The van der Waals surface area contributed by atoms with Gasteiger partial charge in [0.15, 0.2) is 5.75 Å². The second kappa shape index (κ2) is 17.5. The van der Waals surface area contributed by atoms with Crippen molar-refractivity contribution in [3.8, 4) is 17.0 Å². The van der Waals surface area contributed by atoms with E-state index in [1.165, 1.54) is 125 Å². The second-order valence-electron chi connectivity index (χ2n) is 13.6. The Kier molecular flexibility index (Phi) is 14.0. The molecule has 0 amide bonds. The number of hydrogen-bond acceptors (Lipinski definition) is 5. The number of ether oxygens (including phenoxy) is 1. The van der Waals surface area contributed by atoms with Gasteiger partial charge in [-0.25, -0.2) is 4.79 Å². The molecule has 1 saturated carbocycles. The van der Waals surface area contributed by atoms with Crippen LogP contribution in [0.5, 0.6) is 5.75 Å². The summed E-state index contributed by atoms with van der Waals surface area (Å²) in [7, 11) is 0. The minimum atomic E-state index is -0.868. The number of hydrogen-bond donors (Lipinski definition) is 1. The highest BCUT2D eigenvalue weighted by Gasteiger charge is 2.31. The highest BCUT2D eigenvalue weighted by Crippen LogP contribution is 2.49. The van der Waals surface area contributed by atoms with Gasteiger partial charge in [0.1, 0.15) is 6.61 Å². The third-order valence-corrected chi connectivity index (χ3v) is 10.8. The van der Waals surface area contributed by atoms with Gasteiger partial charge in [-0.2, -0.15) is 0 Å². The second-order valence-corrected chi connectivity index (χ2v) is 13.6. The molecule has 10 heteroatoms. The van der Waals surface area contributed by atoms with Crippen molar-refractivity contribution in [3.05, 3.63) is 47.5 Å². The normalized spacial score (nSPS) is 18.8. The van der Waals surface area contributed by atoms with Crippen LogP contribution in [0.1, 0.15) is 92.5 Å². The van der Waals surface area contributed by atoms with Crippen molar-refractivity contribution in [2.45, 2.75) is 83.1 Å². The number of anilines is 1. The van der Waals surface area contributed by atoms with E-state index in [-0.39, 0.29) is 37.2 Å². The molecule has 0 spiro atoms. The van der Waals surface area contributed by atoms with E-state index < -0.39 is 5.97 Å². The first-order valence-corrected chi connectivity index (χ1v) is 17.5. The van der Waals surface area contributed by atoms with E-state index in [0.717, 1.165) is 44.0 Å². The summed E-state index contributed by atoms with van der Waals surface area (Å²) < 4.78 is 9.13. The van der Waals surface area contributed by atoms with E-state index in [2.05, 4.69) is 43.5 Å². The Morgan fingerprint density at radius 1 is 0.787 bits per heavy atom. The molecule has 7 rings (SSSR count). The van der Waals surface area contributed by atoms with Crippen LogP contribution in [0.25, 0.3) is 22.2 Å². The molecule has 0 bridgehead atoms. The van der Waals surface area contributed by atoms with Crippen molar-refractivity contribution in [2.24, 2.45) is 0 Å². The fraction of sp³-hybridized carbons (Fsp3) is 0.595. The lowest BCUT2D eigenvalue weighted by molar-refractivity contribution is 0.0697. The number of para-hydroxylation sites is 1. The zero-order valence-corrected chi connectivity index (χ0v) is 30.1. The molecule has 2 aromatic carbocycles. The molecule has 4 aliphatic rings. The Bertz CT molecular complexity index is 1440. The summed E-state index contributed by atoms with van der Waals surface area (Å²) in [4.78, 5) is 19.9. The summed E-state index contributed by atoms with van der Waals surface area (Å²) in [5.74, 6) is 0.635. The largest absolute Gasteiger partial charge is 0.489 e. The average molecular weight is 708 g/mol. The van der Waals surface area contributed by atoms with E-state index in [1.807, 2.05) is 6.07 Å². The third kappa shape index (κ3) is 8.18. The summed E-state index contributed by atoms with van der Waals surface area (Å²) in [6.07, 6.45) is 14.2. The number of carboxylic acids is 1. The summed E-state index contributed by atoms with van der Waals surface area (Å²) in [6.45, 7) is 10.4. The minimum absolute atomic E-state index is 0. The Labute approximate surface area is 299 Å². The first-order valence-electron chi connectivity index (χ1n) is 17.5. The molecule has 3 aliphatic heterocycles. The summed E-state index contributed by atoms with van der Waals surface area (Å²) in [6, 6.07) is 12.5. The van der Waals surface area contributed by atoms with Crippen LogP contribution >= 0.6 is 37.2 Å². The number of nitrogens with zero attached hydrogens (tertiary/aromatic N) is 4. The molecule has 7 nitrogen and oxygen atoms in total. The summed E-state index contributed by atoms with van der Waals surface area (Å²) >= 11 is 0. The smallest absolute Gasteiger partial charge is 0.335 e. The lowest BCUT2D eigenvalue weighted by Crippen LogP contribution is -2.42. The molecule has 0 atom stereocenters. The van der Waals surface area contributed by atoms with Gasteiger partial charge in [0.05, 0.1) is 23.5 Å². The van der Waals surface area contributed by atoms with Crippen LogP contribution in [0.3, 0.4) is 0 Å². The fourth-order valence-corrected chi connectivity index (χ4v) is 8.43. The lowest BCUT2D eigenvalue weighted by atomic mass is 9.81. The van der Waals surface area contributed by atoms with E-state index in [9.17, 15) is 9.90 Å². The lowest BCUT2D eigenvalue weighted by Gasteiger charge is -2.34. The number of halogens is 3. The van der Waals surface area contributed by atoms with Crippen molar-refractivity contribution in [1.82, 2.24) is 14.4 Å². The standard InChI is InChI=1S/C37H50N4O3.3ClH/c42-37(43)29-15-16-30-33(27-29)41-25-26-44-36-31(35(41)34(30)28-11-4-1-5-12-28)13-10-14-32(36)40(23-21-38-17-6-2-7-18-38)24-22-39-19-8-3-9-20-39;;;/h10,13-16,27-28H,1-9,11-12,17-26H2,(H,42,43);3*1H. The van der Waals surface area contributed by atoms with Crippen LogP contribution in [0.15, 0.2) is 36.4 Å². The molecule has 0 unspecified atom stereocenters. The SMILES string of the molecule is Cl.Cl.Cl.O=C(O)c1ccc2c(C3CCCCC3)c3n(c2c1)CCOc1c-3cccc1N(CCN1CCCCC1)CCN1CCCCC1. The van der Waals surface area contributed by atoms with E-state index in [1.54, 1.807) is 6.07 Å². The van der Waals surface area contributed by atoms with E-state index in [4.69, 9.17) is 4.74 Å². The highest BCUT2D eigenvalue weighted by molar-refractivity contribution is 5.99. The number of benzene rings is 2. The fourth-order valence-electron chi connectivity index (χ4n) is 8.43. The Hall–Kier alpha value is -2.16. The van der Waals surface area contributed by atoms with Crippen LogP contribution in [0, 0.1) is 0 Å². The Morgan fingerprint density at radius 2 is 1.40 bits per heavy atom. The van der Waals surface area contributed by atoms with Crippen molar-refractivity contribution in [1.29, 1.82) is 0 Å². The van der Waals surface area contributed by atoms with Gasteiger partial charge in [-0.1, -0.05) is 44.2 Å². The zero-order chi connectivity index (χ0) is 29.9. The molecule has 47 heavy (non-hydrogen) atoms. The zero-order valence-electron chi connectivity index (χ0n) is 27.7. The number of carboxylic acid groups (broad SMARTS) is 1. The van der Waals surface area contributed by atoms with Crippen LogP contribution in [0.2, 0.25) is 0 Å². The first kappa shape index (κ1) is 37.7. The molecule has 1 N–H and O–H groups in total. The molecular weight excluding hydrogens is 655 g/mol. The predicted molar refractivity (Wildman–Crippen MR) is 200 cm³/mol. The molecule has 0 radical (unpaired) electrons. The quantitative estimate of drug-likeness (QED) is 0.241. The van der Waals surface area contributed by atoms with Crippen LogP contribution in [-0.4, -0.2) is 84.4 Å². The minimum Gasteiger partial charge on any atom is -0.489 e. The molecule has 3 aromatic rings. The van der Waals surface area contributed by atoms with Crippen molar-refractivity contribution in [2.75, 3.05) is 63.9 Å². The van der Waals surface area contributed by atoms with Gasteiger partial charge in [0.2, 0.25) is 0 Å². The van der Waals surface area contributed by atoms with Gasteiger partial charge in [-0.05, 0) is 100 Å². The van der Waals surface area contributed by atoms with Crippen molar-refractivity contribution in [3.63, 3.8) is 0 Å². The van der Waals surface area contributed by atoms with Gasteiger partial charge < -0.3 is 29.1 Å². The third-order valence-electron chi connectivity index (χ3n) is 10.8. The van der Waals surface area contributed by atoms with Crippen LogP contribution in [0.4, 0.5) is 5.69 Å². The summed E-state index contributed by atoms with van der Waals surface area (Å²) in [5.41, 5.74) is 6.46.